The molecule has 0 unspecified atom stereocenters. The van der Waals surface area contributed by atoms with Gasteiger partial charge in [-0.1, -0.05) is 25.9 Å². The molecule has 0 bridgehead atoms. The number of hydrogen-bond acceptors (Lipinski definition) is 7. The van der Waals surface area contributed by atoms with Crippen LogP contribution in [0.15, 0.2) is 10.9 Å². The van der Waals surface area contributed by atoms with E-state index >= 15 is 0 Å². The van der Waals surface area contributed by atoms with Gasteiger partial charge in [0.1, 0.15) is 12.4 Å². The Kier molecular flexibility index (Phi) is 4.51. The van der Waals surface area contributed by atoms with Crippen LogP contribution in [0.5, 0.6) is 0 Å². The van der Waals surface area contributed by atoms with Gasteiger partial charge in [-0.05, 0) is 6.42 Å². The first-order valence-corrected chi connectivity index (χ1v) is 7.79. The van der Waals surface area contributed by atoms with E-state index < -0.39 is 0 Å². The van der Waals surface area contributed by atoms with Crippen LogP contribution in [-0.4, -0.2) is 39.8 Å². The molecule has 7 nitrogen and oxygen atoms in total. The van der Waals surface area contributed by atoms with Crippen molar-refractivity contribution in [3.8, 4) is 0 Å². The number of halogens is 1. The van der Waals surface area contributed by atoms with Gasteiger partial charge in [-0.2, -0.15) is 4.98 Å². The Labute approximate surface area is 133 Å². The van der Waals surface area contributed by atoms with E-state index in [0.29, 0.717) is 49.3 Å². The minimum atomic E-state index is -0.369. The number of rotatable bonds is 4. The fraction of sp³-hybridized carbons (Fsp3) is 0.600. The lowest BCUT2D eigenvalue weighted by Gasteiger charge is -2.32. The van der Waals surface area contributed by atoms with E-state index in [-0.39, 0.29) is 17.8 Å². The molecule has 0 saturated carbocycles. The van der Waals surface area contributed by atoms with Crippen LogP contribution in [0.3, 0.4) is 0 Å². The van der Waals surface area contributed by atoms with Crippen LogP contribution >= 0.6 is 0 Å². The predicted molar refractivity (Wildman–Crippen MR) is 80.7 cm³/mol. The highest BCUT2D eigenvalue weighted by molar-refractivity contribution is 5.41. The van der Waals surface area contributed by atoms with Crippen LogP contribution in [0.25, 0.3) is 0 Å². The van der Waals surface area contributed by atoms with Crippen molar-refractivity contribution in [2.24, 2.45) is 0 Å². The third-order valence-corrected chi connectivity index (χ3v) is 3.78. The van der Waals surface area contributed by atoms with Crippen molar-refractivity contribution < 1.29 is 13.7 Å². The zero-order valence-corrected chi connectivity index (χ0v) is 13.5. The highest BCUT2D eigenvalue weighted by Crippen LogP contribution is 2.26. The van der Waals surface area contributed by atoms with Gasteiger partial charge in [-0.15, -0.1) is 0 Å². The number of nitrogens with zero attached hydrogens (tertiary/aromatic N) is 5. The lowest BCUT2D eigenvalue weighted by Crippen LogP contribution is -2.40. The van der Waals surface area contributed by atoms with Crippen molar-refractivity contribution in [2.75, 3.05) is 24.6 Å². The topological polar surface area (TPSA) is 77.2 Å². The van der Waals surface area contributed by atoms with E-state index in [1.807, 2.05) is 25.7 Å². The van der Waals surface area contributed by atoms with Crippen LogP contribution in [0, 0.1) is 5.82 Å². The highest BCUT2D eigenvalue weighted by atomic mass is 19.1. The summed E-state index contributed by atoms with van der Waals surface area (Å²) < 4.78 is 25.4. The monoisotopic (exact) mass is 321 g/mol. The third kappa shape index (κ3) is 3.17. The zero-order chi connectivity index (χ0) is 16.4. The zero-order valence-electron chi connectivity index (χ0n) is 13.5. The molecule has 0 amide bonds. The molecule has 0 radical (unpaired) electrons. The van der Waals surface area contributed by atoms with Crippen molar-refractivity contribution in [2.45, 2.75) is 39.2 Å². The first-order chi connectivity index (χ1) is 11.1. The Morgan fingerprint density at radius 2 is 2.22 bits per heavy atom. The Morgan fingerprint density at radius 3 is 2.91 bits per heavy atom. The van der Waals surface area contributed by atoms with Gasteiger partial charge in [-0.3, -0.25) is 0 Å². The molecule has 1 aliphatic rings. The van der Waals surface area contributed by atoms with E-state index in [2.05, 4.69) is 20.1 Å². The lowest BCUT2D eigenvalue weighted by atomic mass is 10.2. The normalized spacial score (nSPS) is 18.7. The van der Waals surface area contributed by atoms with E-state index in [4.69, 9.17) is 9.26 Å². The summed E-state index contributed by atoms with van der Waals surface area (Å²) in [5, 5.41) is 3.98. The molecule has 1 fully saturated rings. The van der Waals surface area contributed by atoms with E-state index in [9.17, 15) is 4.39 Å². The Morgan fingerprint density at radius 1 is 1.39 bits per heavy atom. The number of morpholine rings is 1. The smallest absolute Gasteiger partial charge is 0.229 e. The highest BCUT2D eigenvalue weighted by Gasteiger charge is 2.29. The van der Waals surface area contributed by atoms with Crippen LogP contribution in [0.1, 0.15) is 50.2 Å². The first kappa shape index (κ1) is 15.8. The Bertz CT molecular complexity index is 676. The van der Waals surface area contributed by atoms with Crippen LogP contribution < -0.4 is 4.90 Å². The lowest BCUT2D eigenvalue weighted by molar-refractivity contribution is 0.0321. The molecule has 3 heterocycles. The molecule has 0 aliphatic carbocycles. The average molecular weight is 321 g/mol. The molecule has 23 heavy (non-hydrogen) atoms. The predicted octanol–water partition coefficient (Wildman–Crippen LogP) is 2.26. The van der Waals surface area contributed by atoms with E-state index in [1.165, 1.54) is 6.33 Å². The van der Waals surface area contributed by atoms with Crippen LogP contribution in [0.2, 0.25) is 0 Å². The second-order valence-electron chi connectivity index (χ2n) is 5.76. The molecule has 0 spiro atoms. The SMILES string of the molecule is CCc1ncnc(N2CCO[C@H](c3noc(C(C)C)n3)C2)c1F. The standard InChI is InChI=1S/C15H20FN5O2/c1-4-10-12(16)14(18-8-17-10)21-5-6-22-11(7-21)13-19-15(9(2)3)23-20-13/h8-9,11H,4-7H2,1-3H3/t11-/m0/s1. The number of hydrogen-bond donors (Lipinski definition) is 0. The van der Waals surface area contributed by atoms with Gasteiger partial charge < -0.3 is 14.2 Å². The maximum absolute atomic E-state index is 14.4. The summed E-state index contributed by atoms with van der Waals surface area (Å²) >= 11 is 0. The molecule has 2 aromatic rings. The molecule has 3 rings (SSSR count). The number of anilines is 1. The van der Waals surface area contributed by atoms with Crippen molar-refractivity contribution in [1.82, 2.24) is 20.1 Å². The quantitative estimate of drug-likeness (QED) is 0.854. The molecule has 124 valence electrons. The maximum Gasteiger partial charge on any atom is 0.229 e. The summed E-state index contributed by atoms with van der Waals surface area (Å²) in [5.74, 6) is 1.15. The third-order valence-electron chi connectivity index (χ3n) is 3.78. The molecule has 8 heteroatoms. The van der Waals surface area contributed by atoms with Crippen molar-refractivity contribution in [1.29, 1.82) is 0 Å². The molecular weight excluding hydrogens is 301 g/mol. The fourth-order valence-electron chi connectivity index (χ4n) is 2.47. The minimum absolute atomic E-state index is 0.155. The summed E-state index contributed by atoms with van der Waals surface area (Å²) in [6, 6.07) is 0. The van der Waals surface area contributed by atoms with Gasteiger partial charge in [0.05, 0.1) is 18.8 Å². The minimum Gasteiger partial charge on any atom is -0.366 e. The summed E-state index contributed by atoms with van der Waals surface area (Å²) in [7, 11) is 0. The summed E-state index contributed by atoms with van der Waals surface area (Å²) in [6.07, 6.45) is 1.56. The van der Waals surface area contributed by atoms with Crippen molar-refractivity contribution in [3.63, 3.8) is 0 Å². The van der Waals surface area contributed by atoms with E-state index in [1.54, 1.807) is 0 Å². The van der Waals surface area contributed by atoms with Gasteiger partial charge >= 0.3 is 0 Å². The molecule has 2 aromatic heterocycles. The van der Waals surface area contributed by atoms with Crippen molar-refractivity contribution >= 4 is 5.82 Å². The van der Waals surface area contributed by atoms with Gasteiger partial charge in [0, 0.05) is 12.5 Å². The van der Waals surface area contributed by atoms with Gasteiger partial charge in [-0.25, -0.2) is 14.4 Å². The summed E-state index contributed by atoms with van der Waals surface area (Å²) in [5.41, 5.74) is 0.416. The Balaban J connectivity index is 1.80. The number of aromatic nitrogens is 4. The molecular formula is C15H20FN5O2. The number of aryl methyl sites for hydroxylation is 1. The summed E-state index contributed by atoms with van der Waals surface area (Å²) in [6.45, 7) is 7.25. The molecule has 1 saturated heterocycles. The van der Waals surface area contributed by atoms with Gasteiger partial charge in [0.25, 0.3) is 0 Å². The average Bonchev–Trinajstić information content (AvgIpc) is 3.05. The Hall–Kier alpha value is -2.09. The van der Waals surface area contributed by atoms with Gasteiger partial charge in [0.2, 0.25) is 11.7 Å². The second-order valence-corrected chi connectivity index (χ2v) is 5.76. The largest absolute Gasteiger partial charge is 0.366 e. The fourth-order valence-corrected chi connectivity index (χ4v) is 2.47. The van der Waals surface area contributed by atoms with E-state index in [0.717, 1.165) is 0 Å². The van der Waals surface area contributed by atoms with Gasteiger partial charge in [0.15, 0.2) is 11.6 Å². The van der Waals surface area contributed by atoms with Crippen LogP contribution in [0.4, 0.5) is 10.2 Å². The second kappa shape index (κ2) is 6.57. The summed E-state index contributed by atoms with van der Waals surface area (Å²) in [4.78, 5) is 14.3. The molecule has 0 N–H and O–H groups in total. The number of ether oxygens (including phenoxy) is 1. The first-order valence-electron chi connectivity index (χ1n) is 7.79. The van der Waals surface area contributed by atoms with Crippen LogP contribution in [-0.2, 0) is 11.2 Å². The van der Waals surface area contributed by atoms with Crippen molar-refractivity contribution in [3.05, 3.63) is 29.6 Å². The molecule has 0 aromatic carbocycles. The molecule has 1 aliphatic heterocycles. The maximum atomic E-state index is 14.4. The molecule has 1 atom stereocenters.